The molecular weight excluding hydrogens is 488 g/mol. The topological polar surface area (TPSA) is 62.2 Å². The molecule has 2 aliphatic rings. The number of para-hydroxylation sites is 1. The standard InChI is InChI=1S/C33H40N2O4/c1-38-31-16-20-35(21-17-31)33(37)13-12-27-7-4-5-9-32(27)39-24-30(36)23-34-18-14-26(15-19-34)29-11-10-25-6-2-3-8-28(25)22-29/h2-13,22,26,30-31,36H,14-21,23-24H2,1H3. The van der Waals surface area contributed by atoms with Crippen molar-refractivity contribution in [1.29, 1.82) is 0 Å². The summed E-state index contributed by atoms with van der Waals surface area (Å²) < 4.78 is 11.4. The third-order valence-corrected chi connectivity index (χ3v) is 8.14. The number of likely N-dealkylation sites (tertiary alicyclic amines) is 2. The van der Waals surface area contributed by atoms with Crippen LogP contribution in [0.25, 0.3) is 16.8 Å². The maximum Gasteiger partial charge on any atom is 0.246 e. The fourth-order valence-electron chi connectivity index (χ4n) is 5.78. The third kappa shape index (κ3) is 7.27. The second-order valence-electron chi connectivity index (χ2n) is 10.8. The van der Waals surface area contributed by atoms with E-state index in [0.717, 1.165) is 44.3 Å². The van der Waals surface area contributed by atoms with Crippen molar-refractivity contribution in [3.05, 3.63) is 83.9 Å². The molecule has 2 aliphatic heterocycles. The van der Waals surface area contributed by atoms with Gasteiger partial charge in [-0.2, -0.15) is 0 Å². The lowest BCUT2D eigenvalue weighted by Crippen LogP contribution is -2.40. The van der Waals surface area contributed by atoms with Gasteiger partial charge in [-0.1, -0.05) is 60.7 Å². The Morgan fingerprint density at radius 2 is 1.67 bits per heavy atom. The summed E-state index contributed by atoms with van der Waals surface area (Å²) in [5.74, 6) is 1.24. The quantitative estimate of drug-likeness (QED) is 0.391. The first-order valence-electron chi connectivity index (χ1n) is 14.2. The van der Waals surface area contributed by atoms with Gasteiger partial charge in [0.05, 0.1) is 6.10 Å². The highest BCUT2D eigenvalue weighted by Gasteiger charge is 2.23. The second-order valence-corrected chi connectivity index (χ2v) is 10.8. The van der Waals surface area contributed by atoms with Crippen LogP contribution in [0.3, 0.4) is 0 Å². The van der Waals surface area contributed by atoms with Crippen LogP contribution in [-0.4, -0.2) is 79.5 Å². The Bertz CT molecular complexity index is 1260. The monoisotopic (exact) mass is 528 g/mol. The summed E-state index contributed by atoms with van der Waals surface area (Å²) in [5.41, 5.74) is 2.25. The minimum atomic E-state index is -0.581. The zero-order chi connectivity index (χ0) is 27.0. The predicted octanol–water partition coefficient (Wildman–Crippen LogP) is 5.11. The number of methoxy groups -OCH3 is 1. The molecule has 0 radical (unpaired) electrons. The molecule has 39 heavy (non-hydrogen) atoms. The molecule has 1 atom stereocenters. The first-order chi connectivity index (χ1) is 19.1. The smallest absolute Gasteiger partial charge is 0.246 e. The molecule has 0 bridgehead atoms. The maximum absolute atomic E-state index is 12.6. The van der Waals surface area contributed by atoms with Crippen LogP contribution >= 0.6 is 0 Å². The number of piperidine rings is 2. The molecule has 2 heterocycles. The number of hydrogen-bond donors (Lipinski definition) is 1. The lowest BCUT2D eigenvalue weighted by Gasteiger charge is -2.33. The van der Waals surface area contributed by atoms with Gasteiger partial charge in [0.1, 0.15) is 18.5 Å². The van der Waals surface area contributed by atoms with Crippen LogP contribution in [-0.2, 0) is 9.53 Å². The third-order valence-electron chi connectivity index (χ3n) is 8.14. The molecule has 206 valence electrons. The van der Waals surface area contributed by atoms with Crippen molar-refractivity contribution in [2.45, 2.75) is 43.8 Å². The van der Waals surface area contributed by atoms with Crippen LogP contribution in [0.5, 0.6) is 5.75 Å². The molecule has 6 heteroatoms. The number of carbonyl (C=O) groups excluding carboxylic acids is 1. The summed E-state index contributed by atoms with van der Waals surface area (Å²) in [5, 5.41) is 13.3. The lowest BCUT2D eigenvalue weighted by molar-refractivity contribution is -0.128. The normalized spacial score (nSPS) is 18.6. The van der Waals surface area contributed by atoms with E-state index in [2.05, 4.69) is 47.4 Å². The molecule has 1 unspecified atom stereocenters. The van der Waals surface area contributed by atoms with Crippen LogP contribution in [0.1, 0.15) is 42.7 Å². The van der Waals surface area contributed by atoms with Gasteiger partial charge in [-0.25, -0.2) is 0 Å². The van der Waals surface area contributed by atoms with Crippen molar-refractivity contribution < 1.29 is 19.4 Å². The van der Waals surface area contributed by atoms with E-state index in [1.807, 2.05) is 35.2 Å². The van der Waals surface area contributed by atoms with E-state index in [-0.39, 0.29) is 18.6 Å². The number of hydrogen-bond acceptors (Lipinski definition) is 5. The SMILES string of the molecule is COC1CCN(C(=O)C=Cc2ccccc2OCC(O)CN2CCC(c3ccc4ccccc4c3)CC2)CC1. The van der Waals surface area contributed by atoms with Crippen molar-refractivity contribution >= 4 is 22.8 Å². The molecule has 0 spiro atoms. The lowest BCUT2D eigenvalue weighted by atomic mass is 9.88. The van der Waals surface area contributed by atoms with Crippen LogP contribution < -0.4 is 4.74 Å². The molecule has 0 saturated carbocycles. The minimum absolute atomic E-state index is 0.00600. The highest BCUT2D eigenvalue weighted by molar-refractivity contribution is 5.92. The molecule has 2 saturated heterocycles. The Morgan fingerprint density at radius 1 is 0.949 bits per heavy atom. The van der Waals surface area contributed by atoms with Gasteiger partial charge in [-0.05, 0) is 73.2 Å². The molecule has 1 N–H and O–H groups in total. The van der Waals surface area contributed by atoms with E-state index in [1.165, 1.54) is 16.3 Å². The molecule has 3 aromatic rings. The molecule has 0 aromatic heterocycles. The Kier molecular flexibility index (Phi) is 9.30. The van der Waals surface area contributed by atoms with Gasteiger partial charge in [0.15, 0.2) is 0 Å². The van der Waals surface area contributed by atoms with Crippen molar-refractivity contribution in [3.63, 3.8) is 0 Å². The van der Waals surface area contributed by atoms with E-state index < -0.39 is 6.10 Å². The zero-order valence-electron chi connectivity index (χ0n) is 22.9. The number of aliphatic hydroxyl groups excluding tert-OH is 1. The van der Waals surface area contributed by atoms with Gasteiger partial charge >= 0.3 is 0 Å². The summed E-state index contributed by atoms with van der Waals surface area (Å²) in [4.78, 5) is 16.8. The Morgan fingerprint density at radius 3 is 2.44 bits per heavy atom. The number of rotatable bonds is 9. The van der Waals surface area contributed by atoms with Crippen molar-refractivity contribution in [1.82, 2.24) is 9.80 Å². The van der Waals surface area contributed by atoms with Crippen LogP contribution in [0, 0.1) is 0 Å². The average Bonchev–Trinajstić information content (AvgIpc) is 2.99. The Balaban J connectivity index is 1.08. The summed E-state index contributed by atoms with van der Waals surface area (Å²) in [6.45, 7) is 4.18. The molecular formula is C33H40N2O4. The van der Waals surface area contributed by atoms with E-state index in [4.69, 9.17) is 9.47 Å². The molecule has 3 aromatic carbocycles. The second kappa shape index (κ2) is 13.2. The van der Waals surface area contributed by atoms with Crippen LogP contribution in [0.4, 0.5) is 0 Å². The number of carbonyl (C=O) groups is 1. The number of amides is 1. The van der Waals surface area contributed by atoms with Gasteiger partial charge in [0.25, 0.3) is 0 Å². The average molecular weight is 529 g/mol. The molecule has 1 amide bonds. The first kappa shape index (κ1) is 27.4. The number of β-amino-alcohol motifs (C(OH)–C–C–N with tert-alkyl or cyclic N) is 1. The van der Waals surface area contributed by atoms with Gasteiger partial charge in [-0.3, -0.25) is 4.79 Å². The van der Waals surface area contributed by atoms with Crippen molar-refractivity contribution in [3.8, 4) is 5.75 Å². The van der Waals surface area contributed by atoms with Crippen molar-refractivity contribution in [2.75, 3.05) is 46.4 Å². The maximum atomic E-state index is 12.6. The number of fused-ring (bicyclic) bond motifs is 1. The summed E-state index contributed by atoms with van der Waals surface area (Å²) in [7, 11) is 1.73. The minimum Gasteiger partial charge on any atom is -0.490 e. The summed E-state index contributed by atoms with van der Waals surface area (Å²) >= 11 is 0. The Hall–Kier alpha value is -3.19. The Labute approximate surface area is 231 Å². The highest BCUT2D eigenvalue weighted by Crippen LogP contribution is 2.30. The number of ether oxygens (including phenoxy) is 2. The first-order valence-corrected chi connectivity index (χ1v) is 14.2. The van der Waals surface area contributed by atoms with Gasteiger partial charge in [0, 0.05) is 38.4 Å². The van der Waals surface area contributed by atoms with Gasteiger partial charge in [-0.15, -0.1) is 0 Å². The van der Waals surface area contributed by atoms with E-state index in [1.54, 1.807) is 13.2 Å². The largest absolute Gasteiger partial charge is 0.490 e. The van der Waals surface area contributed by atoms with Crippen molar-refractivity contribution in [2.24, 2.45) is 0 Å². The van der Waals surface area contributed by atoms with Crippen LogP contribution in [0.2, 0.25) is 0 Å². The molecule has 6 nitrogen and oxygen atoms in total. The van der Waals surface area contributed by atoms with E-state index in [9.17, 15) is 9.90 Å². The predicted molar refractivity (Wildman–Crippen MR) is 156 cm³/mol. The van der Waals surface area contributed by atoms with Crippen LogP contribution in [0.15, 0.2) is 72.8 Å². The fraction of sp³-hybridized carbons (Fsp3) is 0.424. The number of aliphatic hydroxyl groups is 1. The molecule has 5 rings (SSSR count). The number of nitrogens with zero attached hydrogens (tertiary/aromatic N) is 2. The molecule has 2 fully saturated rings. The van der Waals surface area contributed by atoms with E-state index >= 15 is 0 Å². The summed E-state index contributed by atoms with van der Waals surface area (Å²) in [6.07, 6.45) is 7.02. The van der Waals surface area contributed by atoms with Gasteiger partial charge < -0.3 is 24.4 Å². The van der Waals surface area contributed by atoms with E-state index in [0.29, 0.717) is 31.3 Å². The summed E-state index contributed by atoms with van der Waals surface area (Å²) in [6, 6.07) is 23.0. The number of benzene rings is 3. The zero-order valence-corrected chi connectivity index (χ0v) is 22.9. The highest BCUT2D eigenvalue weighted by atomic mass is 16.5. The fourth-order valence-corrected chi connectivity index (χ4v) is 5.78. The molecule has 0 aliphatic carbocycles. The van der Waals surface area contributed by atoms with Gasteiger partial charge in [0.2, 0.25) is 5.91 Å².